The molecule has 0 fully saturated rings. The second kappa shape index (κ2) is 7.18. The lowest BCUT2D eigenvalue weighted by molar-refractivity contribution is -0.384. The molecule has 0 aliphatic heterocycles. The lowest BCUT2D eigenvalue weighted by atomic mass is 10.0. The highest BCUT2D eigenvalue weighted by atomic mass is 16.6. The number of aromatic nitrogens is 2. The van der Waals surface area contributed by atoms with Gasteiger partial charge in [-0.2, -0.15) is 0 Å². The number of benzene rings is 2. The highest BCUT2D eigenvalue weighted by Crippen LogP contribution is 2.25. The van der Waals surface area contributed by atoms with Crippen molar-refractivity contribution in [1.29, 1.82) is 0 Å². The molecule has 1 aromatic heterocycles. The highest BCUT2D eigenvalue weighted by Gasteiger charge is 2.19. The van der Waals surface area contributed by atoms with E-state index in [-0.39, 0.29) is 11.3 Å². The van der Waals surface area contributed by atoms with E-state index in [9.17, 15) is 14.9 Å². The van der Waals surface area contributed by atoms with Gasteiger partial charge in [-0.1, -0.05) is 26.0 Å². The van der Waals surface area contributed by atoms with Crippen molar-refractivity contribution in [1.82, 2.24) is 9.55 Å². The van der Waals surface area contributed by atoms with E-state index < -0.39 is 10.8 Å². The molecular weight excluding hydrogens is 332 g/mol. The molecule has 0 spiro atoms. The summed E-state index contributed by atoms with van der Waals surface area (Å²) in [6.07, 6.45) is 4.61. The van der Waals surface area contributed by atoms with Crippen molar-refractivity contribution >= 4 is 17.3 Å². The van der Waals surface area contributed by atoms with Gasteiger partial charge >= 0.3 is 0 Å². The molecule has 26 heavy (non-hydrogen) atoms. The van der Waals surface area contributed by atoms with Crippen molar-refractivity contribution in [3.63, 3.8) is 0 Å². The van der Waals surface area contributed by atoms with E-state index in [2.05, 4.69) is 24.1 Å². The largest absolute Gasteiger partial charge is 0.322 e. The first-order valence-electron chi connectivity index (χ1n) is 8.14. The molecule has 132 valence electrons. The summed E-state index contributed by atoms with van der Waals surface area (Å²) in [5.74, 6) is 0.000648. The first kappa shape index (κ1) is 17.3. The smallest absolute Gasteiger partial charge is 0.294 e. The van der Waals surface area contributed by atoms with E-state index in [0.717, 1.165) is 0 Å². The van der Waals surface area contributed by atoms with Crippen molar-refractivity contribution in [3.8, 4) is 5.69 Å². The van der Waals surface area contributed by atoms with Crippen LogP contribution in [0.2, 0.25) is 0 Å². The minimum atomic E-state index is -0.510. The van der Waals surface area contributed by atoms with Gasteiger partial charge in [-0.05, 0) is 35.7 Å². The van der Waals surface area contributed by atoms with Crippen molar-refractivity contribution < 1.29 is 9.72 Å². The molecule has 1 N–H and O–H groups in total. The normalized spacial score (nSPS) is 10.7. The van der Waals surface area contributed by atoms with Crippen LogP contribution in [0.15, 0.2) is 61.2 Å². The van der Waals surface area contributed by atoms with Gasteiger partial charge in [0.1, 0.15) is 5.69 Å². The van der Waals surface area contributed by atoms with Crippen LogP contribution < -0.4 is 5.32 Å². The lowest BCUT2D eigenvalue weighted by Crippen LogP contribution is -2.12. The molecule has 0 aliphatic carbocycles. The maximum Gasteiger partial charge on any atom is 0.294 e. The molecule has 0 radical (unpaired) electrons. The molecule has 2 aromatic carbocycles. The predicted molar refractivity (Wildman–Crippen MR) is 98.7 cm³/mol. The van der Waals surface area contributed by atoms with Crippen LogP contribution >= 0.6 is 0 Å². The first-order valence-corrected chi connectivity index (χ1v) is 8.14. The fourth-order valence-corrected chi connectivity index (χ4v) is 2.59. The van der Waals surface area contributed by atoms with Crippen LogP contribution in [0.3, 0.4) is 0 Å². The maximum absolute atomic E-state index is 12.5. The molecule has 1 heterocycles. The van der Waals surface area contributed by atoms with E-state index in [0.29, 0.717) is 17.3 Å². The number of hydrogen-bond acceptors (Lipinski definition) is 4. The summed E-state index contributed by atoms with van der Waals surface area (Å²) in [6.45, 7) is 4.18. The summed E-state index contributed by atoms with van der Waals surface area (Å²) in [7, 11) is 0. The van der Waals surface area contributed by atoms with Crippen LogP contribution in [0.4, 0.5) is 11.4 Å². The third-order valence-corrected chi connectivity index (χ3v) is 4.05. The van der Waals surface area contributed by atoms with Gasteiger partial charge in [0, 0.05) is 29.7 Å². The number of anilines is 1. The Morgan fingerprint density at radius 2 is 1.92 bits per heavy atom. The molecule has 7 nitrogen and oxygen atoms in total. The van der Waals surface area contributed by atoms with Gasteiger partial charge in [0.15, 0.2) is 0 Å². The number of carbonyl (C=O) groups excluding carboxylic acids is 1. The van der Waals surface area contributed by atoms with Gasteiger partial charge in [0.2, 0.25) is 0 Å². The van der Waals surface area contributed by atoms with E-state index in [1.165, 1.54) is 34.8 Å². The van der Waals surface area contributed by atoms with E-state index in [1.807, 2.05) is 24.3 Å². The fraction of sp³-hybridized carbons (Fsp3) is 0.158. The number of rotatable bonds is 5. The van der Waals surface area contributed by atoms with Crippen LogP contribution in [0, 0.1) is 10.1 Å². The summed E-state index contributed by atoms with van der Waals surface area (Å²) >= 11 is 0. The molecular formula is C19H18N4O3. The average molecular weight is 350 g/mol. The Hall–Kier alpha value is -3.48. The zero-order chi connectivity index (χ0) is 18.7. The molecule has 3 rings (SSSR count). The maximum atomic E-state index is 12.5. The molecule has 0 saturated heterocycles. The Kier molecular flexibility index (Phi) is 4.79. The molecule has 0 atom stereocenters. The number of imidazole rings is 1. The Bertz CT molecular complexity index is 932. The number of nitro benzene ring substituents is 1. The lowest BCUT2D eigenvalue weighted by Gasteiger charge is -2.09. The van der Waals surface area contributed by atoms with Crippen molar-refractivity contribution in [2.75, 3.05) is 5.32 Å². The van der Waals surface area contributed by atoms with Gasteiger partial charge in [0.25, 0.3) is 11.6 Å². The third-order valence-electron chi connectivity index (χ3n) is 4.05. The summed E-state index contributed by atoms with van der Waals surface area (Å²) in [6, 6.07) is 11.9. The molecule has 7 heteroatoms. The van der Waals surface area contributed by atoms with Crippen molar-refractivity contribution in [3.05, 3.63) is 82.4 Å². The first-order chi connectivity index (χ1) is 12.5. The van der Waals surface area contributed by atoms with Gasteiger partial charge in [0.05, 0.1) is 11.3 Å². The van der Waals surface area contributed by atoms with Crippen molar-refractivity contribution in [2.45, 2.75) is 19.8 Å². The summed E-state index contributed by atoms with van der Waals surface area (Å²) in [4.78, 5) is 27.2. The Labute approximate surface area is 150 Å². The highest BCUT2D eigenvalue weighted by molar-refractivity contribution is 6.04. The SMILES string of the molecule is CC(C)c1ccc(NC(=O)c2ccc(-n3ccnc3)c([N+](=O)[O-])c2)cc1. The van der Waals surface area contributed by atoms with Gasteiger partial charge in [-0.3, -0.25) is 14.9 Å². The monoisotopic (exact) mass is 350 g/mol. The van der Waals surface area contributed by atoms with E-state index in [4.69, 9.17) is 0 Å². The third kappa shape index (κ3) is 3.61. The average Bonchev–Trinajstić information content (AvgIpc) is 3.16. The summed E-state index contributed by atoms with van der Waals surface area (Å²) < 4.78 is 1.53. The topological polar surface area (TPSA) is 90.1 Å². The number of hydrogen-bond donors (Lipinski definition) is 1. The molecule has 1 amide bonds. The minimum absolute atomic E-state index is 0.161. The molecule has 0 unspecified atom stereocenters. The van der Waals surface area contributed by atoms with Crippen LogP contribution in [-0.2, 0) is 0 Å². The standard InChI is InChI=1S/C19H18N4O3/c1-13(2)14-3-6-16(7-4-14)21-19(24)15-5-8-17(18(11-15)23(25)26)22-10-9-20-12-22/h3-13H,1-2H3,(H,21,24). The molecule has 0 aliphatic rings. The quantitative estimate of drug-likeness (QED) is 0.553. The minimum Gasteiger partial charge on any atom is -0.322 e. The number of nitrogens with one attached hydrogen (secondary N) is 1. The molecule has 3 aromatic rings. The van der Waals surface area contributed by atoms with Gasteiger partial charge in [-0.25, -0.2) is 4.98 Å². The van der Waals surface area contributed by atoms with Crippen LogP contribution in [0.25, 0.3) is 5.69 Å². The Balaban J connectivity index is 1.85. The number of nitro groups is 1. The van der Waals surface area contributed by atoms with Crippen molar-refractivity contribution in [2.24, 2.45) is 0 Å². The number of nitrogens with zero attached hydrogens (tertiary/aromatic N) is 3. The summed E-state index contributed by atoms with van der Waals surface area (Å²) in [5.41, 5.74) is 2.22. The predicted octanol–water partition coefficient (Wildman–Crippen LogP) is 4.16. The fourth-order valence-electron chi connectivity index (χ4n) is 2.59. The van der Waals surface area contributed by atoms with Crippen LogP contribution in [0.5, 0.6) is 0 Å². The summed E-state index contributed by atoms with van der Waals surface area (Å²) in [5, 5.41) is 14.2. The Morgan fingerprint density at radius 1 is 1.19 bits per heavy atom. The van der Waals surface area contributed by atoms with Crippen LogP contribution in [-0.4, -0.2) is 20.4 Å². The number of amides is 1. The zero-order valence-corrected chi connectivity index (χ0v) is 14.4. The van der Waals surface area contributed by atoms with Gasteiger partial charge in [-0.15, -0.1) is 0 Å². The van der Waals surface area contributed by atoms with E-state index in [1.54, 1.807) is 12.3 Å². The van der Waals surface area contributed by atoms with Crippen LogP contribution in [0.1, 0.15) is 35.7 Å². The second-order valence-electron chi connectivity index (χ2n) is 6.16. The zero-order valence-electron chi connectivity index (χ0n) is 14.4. The van der Waals surface area contributed by atoms with Gasteiger partial charge < -0.3 is 9.88 Å². The second-order valence-corrected chi connectivity index (χ2v) is 6.16. The molecule has 0 bridgehead atoms. The molecule has 0 saturated carbocycles. The van der Waals surface area contributed by atoms with E-state index >= 15 is 0 Å². The number of carbonyl (C=O) groups is 1. The Morgan fingerprint density at radius 3 is 2.50 bits per heavy atom.